The van der Waals surface area contributed by atoms with Crippen molar-refractivity contribution in [1.29, 1.82) is 0 Å². The van der Waals surface area contributed by atoms with Crippen LogP contribution in [0.4, 0.5) is 0 Å². The predicted octanol–water partition coefficient (Wildman–Crippen LogP) is 6.16. The fraction of sp³-hybridized carbons (Fsp3) is 0.571. The second-order valence-electron chi connectivity index (χ2n) is 6.68. The van der Waals surface area contributed by atoms with Crippen LogP contribution < -0.4 is 0 Å². The second-order valence-corrected chi connectivity index (χ2v) is 6.68. The molecule has 1 aromatic rings. The van der Waals surface area contributed by atoms with Crippen LogP contribution in [0.1, 0.15) is 70.8 Å². The van der Waals surface area contributed by atoms with Gasteiger partial charge >= 0.3 is 0 Å². The zero-order valence-corrected chi connectivity index (χ0v) is 15.8. The van der Waals surface area contributed by atoms with Gasteiger partial charge in [0.05, 0.1) is 0 Å². The molecule has 1 aliphatic rings. The SMILES string of the molecule is CCCCCCN(C=C1N=NN=C1c1ccccc1)CCCCCC. The molecule has 0 aliphatic carbocycles. The smallest absolute Gasteiger partial charge is 0.131 e. The largest absolute Gasteiger partial charge is 0.376 e. The van der Waals surface area contributed by atoms with Crippen LogP contribution >= 0.6 is 0 Å². The van der Waals surface area contributed by atoms with Gasteiger partial charge in [-0.25, -0.2) is 0 Å². The second kappa shape index (κ2) is 11.6. The van der Waals surface area contributed by atoms with Gasteiger partial charge in [0, 0.05) is 24.9 Å². The van der Waals surface area contributed by atoms with E-state index in [0.717, 1.165) is 30.1 Å². The van der Waals surface area contributed by atoms with Gasteiger partial charge in [0.2, 0.25) is 0 Å². The third-order valence-electron chi connectivity index (χ3n) is 4.49. The highest BCUT2D eigenvalue weighted by atomic mass is 15.4. The molecule has 1 aliphatic heterocycles. The first-order valence-electron chi connectivity index (χ1n) is 9.85. The van der Waals surface area contributed by atoms with E-state index in [1.54, 1.807) is 0 Å². The minimum atomic E-state index is 0.882. The molecular weight excluding hydrogens is 308 g/mol. The Morgan fingerprint density at radius 3 is 2.08 bits per heavy atom. The van der Waals surface area contributed by atoms with Crippen molar-refractivity contribution < 1.29 is 0 Å². The van der Waals surface area contributed by atoms with Gasteiger partial charge in [0.1, 0.15) is 11.4 Å². The summed E-state index contributed by atoms with van der Waals surface area (Å²) in [6, 6.07) is 10.2. The van der Waals surface area contributed by atoms with Gasteiger partial charge in [-0.05, 0) is 18.1 Å². The summed E-state index contributed by atoms with van der Waals surface area (Å²) in [6.07, 6.45) is 12.4. The topological polar surface area (TPSA) is 40.3 Å². The Hall–Kier alpha value is -1.97. The van der Waals surface area contributed by atoms with Crippen LogP contribution in [-0.4, -0.2) is 23.7 Å². The van der Waals surface area contributed by atoms with Crippen LogP contribution in [0.2, 0.25) is 0 Å². The molecule has 0 bridgehead atoms. The predicted molar refractivity (Wildman–Crippen MR) is 106 cm³/mol. The minimum Gasteiger partial charge on any atom is -0.376 e. The van der Waals surface area contributed by atoms with Crippen molar-refractivity contribution >= 4 is 5.71 Å². The number of allylic oxidation sites excluding steroid dienone is 1. The first kappa shape index (κ1) is 19.4. The number of hydrogen-bond acceptors (Lipinski definition) is 4. The summed E-state index contributed by atoms with van der Waals surface area (Å²) < 4.78 is 0. The van der Waals surface area contributed by atoms with Crippen molar-refractivity contribution in [2.45, 2.75) is 65.2 Å². The van der Waals surface area contributed by atoms with E-state index < -0.39 is 0 Å². The van der Waals surface area contributed by atoms with Gasteiger partial charge in [-0.15, -0.1) is 10.2 Å². The summed E-state index contributed by atoms with van der Waals surface area (Å²) in [5, 5.41) is 12.4. The lowest BCUT2D eigenvalue weighted by atomic mass is 10.1. The van der Waals surface area contributed by atoms with E-state index in [4.69, 9.17) is 0 Å². The molecule has 1 aromatic carbocycles. The number of nitrogens with zero attached hydrogens (tertiary/aromatic N) is 4. The number of hydrogen-bond donors (Lipinski definition) is 0. The van der Waals surface area contributed by atoms with Crippen LogP contribution in [0.15, 0.2) is 57.7 Å². The Morgan fingerprint density at radius 2 is 1.48 bits per heavy atom. The number of benzene rings is 1. The molecule has 0 radical (unpaired) electrons. The molecule has 0 aromatic heterocycles. The van der Waals surface area contributed by atoms with Gasteiger partial charge in [0.15, 0.2) is 0 Å². The van der Waals surface area contributed by atoms with E-state index >= 15 is 0 Å². The summed E-state index contributed by atoms with van der Waals surface area (Å²) in [6.45, 7) is 6.69. The van der Waals surface area contributed by atoms with Crippen molar-refractivity contribution in [3.05, 3.63) is 47.8 Å². The Bertz CT molecular complexity index is 563. The first-order chi connectivity index (χ1) is 12.3. The third kappa shape index (κ3) is 6.81. The van der Waals surface area contributed by atoms with Gasteiger partial charge in [-0.3, -0.25) is 0 Å². The average Bonchev–Trinajstić information content (AvgIpc) is 3.11. The van der Waals surface area contributed by atoms with E-state index in [0.29, 0.717) is 0 Å². The molecule has 0 amide bonds. The number of unbranched alkanes of at least 4 members (excludes halogenated alkanes) is 6. The van der Waals surface area contributed by atoms with Crippen LogP contribution in [0, 0.1) is 0 Å². The average molecular weight is 341 g/mol. The molecular formula is C21H32N4. The zero-order chi connectivity index (χ0) is 17.7. The lowest BCUT2D eigenvalue weighted by molar-refractivity contribution is 0.349. The van der Waals surface area contributed by atoms with Crippen LogP contribution in [0.5, 0.6) is 0 Å². The fourth-order valence-corrected chi connectivity index (χ4v) is 3.00. The standard InChI is InChI=1S/C21H32N4/c1-3-5-7-12-16-25(17-13-8-6-4-2)18-20-21(23-24-22-20)19-14-10-9-11-15-19/h9-11,14-15,18H,3-8,12-13,16-17H2,1-2H3. The Labute approximate surface area is 152 Å². The lowest BCUT2D eigenvalue weighted by Crippen LogP contribution is -2.21. The Balaban J connectivity index is 2.00. The molecule has 0 atom stereocenters. The summed E-state index contributed by atoms with van der Waals surface area (Å²) in [4.78, 5) is 2.42. The van der Waals surface area contributed by atoms with Gasteiger partial charge < -0.3 is 4.90 Å². The van der Waals surface area contributed by atoms with Gasteiger partial charge in [-0.2, -0.15) is 0 Å². The van der Waals surface area contributed by atoms with Crippen molar-refractivity contribution in [3.8, 4) is 0 Å². The summed E-state index contributed by atoms with van der Waals surface area (Å²) >= 11 is 0. The molecule has 0 spiro atoms. The minimum absolute atomic E-state index is 0.882. The van der Waals surface area contributed by atoms with E-state index in [-0.39, 0.29) is 0 Å². The molecule has 2 rings (SSSR count). The highest BCUT2D eigenvalue weighted by Gasteiger charge is 2.16. The molecule has 0 unspecified atom stereocenters. The zero-order valence-electron chi connectivity index (χ0n) is 15.8. The van der Waals surface area contributed by atoms with Crippen LogP contribution in [0.3, 0.4) is 0 Å². The fourth-order valence-electron chi connectivity index (χ4n) is 3.00. The van der Waals surface area contributed by atoms with Crippen molar-refractivity contribution in [2.24, 2.45) is 15.4 Å². The summed E-state index contributed by atoms with van der Waals surface area (Å²) in [7, 11) is 0. The Morgan fingerprint density at radius 1 is 0.840 bits per heavy atom. The molecule has 4 nitrogen and oxygen atoms in total. The lowest BCUT2D eigenvalue weighted by Gasteiger charge is -2.21. The van der Waals surface area contributed by atoms with E-state index in [1.807, 2.05) is 18.2 Å². The summed E-state index contributed by atoms with van der Waals surface area (Å²) in [5.41, 5.74) is 2.85. The molecule has 0 saturated heterocycles. The Kier molecular flexibility index (Phi) is 8.95. The third-order valence-corrected chi connectivity index (χ3v) is 4.49. The molecule has 25 heavy (non-hydrogen) atoms. The normalized spacial score (nSPS) is 15.0. The highest BCUT2D eigenvalue weighted by Crippen LogP contribution is 2.18. The maximum absolute atomic E-state index is 4.26. The van der Waals surface area contributed by atoms with E-state index in [1.165, 1.54) is 51.4 Å². The summed E-state index contributed by atoms with van der Waals surface area (Å²) in [5.74, 6) is 0. The molecule has 4 heteroatoms. The maximum Gasteiger partial charge on any atom is 0.131 e. The van der Waals surface area contributed by atoms with E-state index in [9.17, 15) is 0 Å². The quantitative estimate of drug-likeness (QED) is 0.420. The van der Waals surface area contributed by atoms with Crippen molar-refractivity contribution in [1.82, 2.24) is 4.90 Å². The first-order valence-corrected chi connectivity index (χ1v) is 9.85. The molecule has 0 saturated carbocycles. The molecule has 0 N–H and O–H groups in total. The van der Waals surface area contributed by atoms with Crippen LogP contribution in [-0.2, 0) is 0 Å². The van der Waals surface area contributed by atoms with Crippen LogP contribution in [0.25, 0.3) is 0 Å². The van der Waals surface area contributed by atoms with Gasteiger partial charge in [0.25, 0.3) is 0 Å². The molecule has 0 fully saturated rings. The van der Waals surface area contributed by atoms with Crippen molar-refractivity contribution in [3.63, 3.8) is 0 Å². The highest BCUT2D eigenvalue weighted by molar-refractivity contribution is 6.12. The van der Waals surface area contributed by atoms with E-state index in [2.05, 4.69) is 52.5 Å². The van der Waals surface area contributed by atoms with Gasteiger partial charge in [-0.1, -0.05) is 82.7 Å². The maximum atomic E-state index is 4.26. The monoisotopic (exact) mass is 340 g/mol. The molecule has 136 valence electrons. The molecule has 1 heterocycles. The number of rotatable bonds is 12. The van der Waals surface area contributed by atoms with Crippen molar-refractivity contribution in [2.75, 3.05) is 13.1 Å².